The monoisotopic (exact) mass is 444 g/mol. The molecule has 1 amide bonds. The third kappa shape index (κ3) is 3.89. The number of nitrogens with zero attached hydrogens (tertiary/aromatic N) is 2. The van der Waals surface area contributed by atoms with Crippen molar-refractivity contribution in [2.75, 3.05) is 7.11 Å². The molecule has 138 valence electrons. The lowest BCUT2D eigenvalue weighted by atomic mass is 10.1. The lowest BCUT2D eigenvalue weighted by Gasteiger charge is -2.21. The largest absolute Gasteiger partial charge is 0.465 e. The number of thiazole rings is 1. The highest BCUT2D eigenvalue weighted by molar-refractivity contribution is 9.10. The van der Waals surface area contributed by atoms with Crippen molar-refractivity contribution in [1.82, 2.24) is 9.88 Å². The Morgan fingerprint density at radius 3 is 2.81 bits per heavy atom. The average Bonchev–Trinajstić information content (AvgIpc) is 3.43. The van der Waals surface area contributed by atoms with Gasteiger partial charge in [0.15, 0.2) is 5.01 Å². The topological polar surface area (TPSA) is 59.5 Å². The fraction of sp³-hybridized carbons (Fsp3) is 0.250. The lowest BCUT2D eigenvalue weighted by molar-refractivity contribution is 0.0600. The number of amides is 1. The summed E-state index contributed by atoms with van der Waals surface area (Å²) in [4.78, 5) is 31.3. The molecule has 7 heteroatoms. The molecule has 27 heavy (non-hydrogen) atoms. The first-order valence-electron chi connectivity index (χ1n) is 8.59. The molecule has 0 unspecified atom stereocenters. The van der Waals surface area contributed by atoms with Gasteiger partial charge in [-0.15, -0.1) is 11.3 Å². The van der Waals surface area contributed by atoms with E-state index in [-0.39, 0.29) is 17.9 Å². The van der Waals surface area contributed by atoms with Crippen LogP contribution in [0.4, 0.5) is 0 Å². The van der Waals surface area contributed by atoms with E-state index in [0.717, 1.165) is 33.1 Å². The normalized spacial score (nSPS) is 13.6. The third-order valence-electron chi connectivity index (χ3n) is 4.48. The Balaban J connectivity index is 1.60. The maximum Gasteiger partial charge on any atom is 0.337 e. The second-order valence-electron chi connectivity index (χ2n) is 6.49. The molecule has 1 heterocycles. The van der Waals surface area contributed by atoms with Gasteiger partial charge in [0, 0.05) is 17.1 Å². The van der Waals surface area contributed by atoms with Gasteiger partial charge in [-0.25, -0.2) is 9.78 Å². The van der Waals surface area contributed by atoms with Crippen molar-refractivity contribution in [2.24, 2.45) is 0 Å². The zero-order valence-electron chi connectivity index (χ0n) is 14.6. The molecule has 5 nitrogen and oxygen atoms in total. The standard InChI is InChI=1S/C20H17BrN2O3S/c1-26-20(25)13-4-2-3-12(9-13)11-23(15-6-7-15)19(24)18-22-16-8-5-14(21)10-17(16)27-18/h2-5,8-10,15H,6-7,11H2,1H3. The van der Waals surface area contributed by atoms with E-state index in [0.29, 0.717) is 17.1 Å². The molecule has 1 aliphatic carbocycles. The fourth-order valence-corrected chi connectivity index (χ4v) is 4.45. The van der Waals surface area contributed by atoms with E-state index in [1.807, 2.05) is 35.2 Å². The summed E-state index contributed by atoms with van der Waals surface area (Å²) in [7, 11) is 1.36. The minimum atomic E-state index is -0.377. The van der Waals surface area contributed by atoms with Crippen molar-refractivity contribution in [2.45, 2.75) is 25.4 Å². The van der Waals surface area contributed by atoms with Gasteiger partial charge >= 0.3 is 5.97 Å². The van der Waals surface area contributed by atoms with Crippen LogP contribution in [0.25, 0.3) is 10.2 Å². The van der Waals surface area contributed by atoms with Gasteiger partial charge in [0.05, 0.1) is 22.9 Å². The van der Waals surface area contributed by atoms with Crippen LogP contribution < -0.4 is 0 Å². The zero-order valence-corrected chi connectivity index (χ0v) is 17.0. The van der Waals surface area contributed by atoms with E-state index in [9.17, 15) is 9.59 Å². The summed E-state index contributed by atoms with van der Waals surface area (Å²) in [6.45, 7) is 0.452. The molecule has 0 radical (unpaired) electrons. The summed E-state index contributed by atoms with van der Waals surface area (Å²) in [5, 5.41) is 0.499. The number of aromatic nitrogens is 1. The van der Waals surface area contributed by atoms with Crippen molar-refractivity contribution in [3.05, 3.63) is 63.1 Å². The summed E-state index contributed by atoms with van der Waals surface area (Å²) in [5.41, 5.74) is 2.22. The summed E-state index contributed by atoms with van der Waals surface area (Å²) >= 11 is 4.86. The first kappa shape index (κ1) is 18.1. The smallest absolute Gasteiger partial charge is 0.337 e. The highest BCUT2D eigenvalue weighted by Gasteiger charge is 2.34. The Hall–Kier alpha value is -2.25. The van der Waals surface area contributed by atoms with E-state index in [1.165, 1.54) is 18.4 Å². The summed E-state index contributed by atoms with van der Waals surface area (Å²) in [6, 6.07) is 13.3. The molecule has 1 saturated carbocycles. The van der Waals surface area contributed by atoms with Gasteiger partial charge in [-0.05, 0) is 48.7 Å². The molecule has 1 aromatic heterocycles. The van der Waals surface area contributed by atoms with Gasteiger partial charge < -0.3 is 9.64 Å². The average molecular weight is 445 g/mol. The molecule has 0 atom stereocenters. The van der Waals surface area contributed by atoms with Gasteiger partial charge in [-0.1, -0.05) is 28.1 Å². The number of benzene rings is 2. The molecule has 4 rings (SSSR count). The van der Waals surface area contributed by atoms with E-state index < -0.39 is 0 Å². The van der Waals surface area contributed by atoms with Crippen LogP contribution in [0.15, 0.2) is 46.9 Å². The van der Waals surface area contributed by atoms with Crippen molar-refractivity contribution in [3.63, 3.8) is 0 Å². The maximum atomic E-state index is 13.1. The number of halogens is 1. The Labute approximate surface area is 169 Å². The van der Waals surface area contributed by atoms with Crippen LogP contribution in [-0.2, 0) is 11.3 Å². The predicted molar refractivity (Wildman–Crippen MR) is 108 cm³/mol. The minimum Gasteiger partial charge on any atom is -0.465 e. The van der Waals surface area contributed by atoms with Crippen LogP contribution >= 0.6 is 27.3 Å². The van der Waals surface area contributed by atoms with Crippen molar-refractivity contribution >= 4 is 49.4 Å². The quantitative estimate of drug-likeness (QED) is 0.537. The molecular weight excluding hydrogens is 428 g/mol. The highest BCUT2D eigenvalue weighted by atomic mass is 79.9. The predicted octanol–water partition coefficient (Wildman–Crippen LogP) is 4.65. The minimum absolute atomic E-state index is 0.0571. The van der Waals surface area contributed by atoms with Gasteiger partial charge in [0.25, 0.3) is 5.91 Å². The Kier molecular flexibility index (Phi) is 4.97. The number of methoxy groups -OCH3 is 1. The number of carbonyl (C=O) groups is 2. The molecular formula is C20H17BrN2O3S. The number of carbonyl (C=O) groups excluding carboxylic acids is 2. The van der Waals surface area contributed by atoms with E-state index in [4.69, 9.17) is 4.74 Å². The van der Waals surface area contributed by atoms with Crippen molar-refractivity contribution in [1.29, 1.82) is 0 Å². The molecule has 0 aliphatic heterocycles. The van der Waals surface area contributed by atoms with Crippen LogP contribution in [0.5, 0.6) is 0 Å². The summed E-state index contributed by atoms with van der Waals surface area (Å²) in [6.07, 6.45) is 2.00. The zero-order chi connectivity index (χ0) is 19.0. The number of fused-ring (bicyclic) bond motifs is 1. The molecule has 0 N–H and O–H groups in total. The van der Waals surface area contributed by atoms with Gasteiger partial charge in [-0.2, -0.15) is 0 Å². The van der Waals surface area contributed by atoms with E-state index >= 15 is 0 Å². The summed E-state index contributed by atoms with van der Waals surface area (Å²) < 4.78 is 6.74. The number of ether oxygens (including phenoxy) is 1. The van der Waals surface area contributed by atoms with E-state index in [1.54, 1.807) is 12.1 Å². The van der Waals surface area contributed by atoms with Gasteiger partial charge in [0.2, 0.25) is 0 Å². The van der Waals surface area contributed by atoms with E-state index in [2.05, 4.69) is 20.9 Å². The number of rotatable bonds is 5. The molecule has 1 fully saturated rings. The molecule has 2 aromatic carbocycles. The molecule has 0 saturated heterocycles. The molecule has 3 aromatic rings. The second kappa shape index (κ2) is 7.40. The van der Waals surface area contributed by atoms with Crippen LogP contribution in [0.1, 0.15) is 38.6 Å². The Morgan fingerprint density at radius 2 is 2.07 bits per heavy atom. The number of hydrogen-bond acceptors (Lipinski definition) is 5. The van der Waals surface area contributed by atoms with Crippen LogP contribution in [0.2, 0.25) is 0 Å². The highest BCUT2D eigenvalue weighted by Crippen LogP contribution is 2.32. The molecule has 0 bridgehead atoms. The van der Waals surface area contributed by atoms with Crippen molar-refractivity contribution < 1.29 is 14.3 Å². The lowest BCUT2D eigenvalue weighted by Crippen LogP contribution is -2.32. The first-order chi connectivity index (χ1) is 13.0. The van der Waals surface area contributed by atoms with Crippen LogP contribution in [0, 0.1) is 0 Å². The summed E-state index contributed by atoms with van der Waals surface area (Å²) in [5.74, 6) is -0.434. The first-order valence-corrected chi connectivity index (χ1v) is 10.2. The third-order valence-corrected chi connectivity index (χ3v) is 5.98. The Bertz CT molecular complexity index is 1030. The van der Waals surface area contributed by atoms with Gasteiger partial charge in [-0.3, -0.25) is 4.79 Å². The molecule has 1 aliphatic rings. The molecule has 0 spiro atoms. The SMILES string of the molecule is COC(=O)c1cccc(CN(C(=O)c2nc3ccc(Br)cc3s2)C2CC2)c1. The fourth-order valence-electron chi connectivity index (χ4n) is 2.98. The second-order valence-corrected chi connectivity index (χ2v) is 8.43. The maximum absolute atomic E-state index is 13.1. The van der Waals surface area contributed by atoms with Crippen LogP contribution in [0.3, 0.4) is 0 Å². The van der Waals surface area contributed by atoms with Gasteiger partial charge in [0.1, 0.15) is 0 Å². The van der Waals surface area contributed by atoms with Crippen LogP contribution in [-0.4, -0.2) is 34.9 Å². The van der Waals surface area contributed by atoms with Crippen molar-refractivity contribution in [3.8, 4) is 0 Å². The number of hydrogen-bond donors (Lipinski definition) is 0. The Morgan fingerprint density at radius 1 is 1.26 bits per heavy atom. The number of esters is 1.